The second-order valence-corrected chi connectivity index (χ2v) is 7.84. The highest BCUT2D eigenvalue weighted by Gasteiger charge is 2.30. The number of nitrogens with one attached hydrogen (secondary N) is 2. The van der Waals surface area contributed by atoms with Gasteiger partial charge in [-0.1, -0.05) is 12.1 Å². The summed E-state index contributed by atoms with van der Waals surface area (Å²) in [5, 5.41) is 16.5. The maximum atomic E-state index is 11.9. The van der Waals surface area contributed by atoms with E-state index in [4.69, 9.17) is 0 Å². The first-order valence-electron chi connectivity index (χ1n) is 6.99. The van der Waals surface area contributed by atoms with E-state index >= 15 is 0 Å². The Bertz CT molecular complexity index is 564. The minimum Gasteiger partial charge on any atom is -0.387 e. The lowest BCUT2D eigenvalue weighted by atomic mass is 10.0. The van der Waals surface area contributed by atoms with Crippen LogP contribution in [-0.4, -0.2) is 57.2 Å². The Balaban J connectivity index is 1.91. The second-order valence-electron chi connectivity index (χ2n) is 5.69. The van der Waals surface area contributed by atoms with Crippen LogP contribution in [0.15, 0.2) is 29.2 Å². The molecule has 1 saturated heterocycles. The Morgan fingerprint density at radius 1 is 1.33 bits per heavy atom. The van der Waals surface area contributed by atoms with Crippen molar-refractivity contribution in [2.24, 2.45) is 0 Å². The van der Waals surface area contributed by atoms with Crippen LogP contribution >= 0.6 is 0 Å². The summed E-state index contributed by atoms with van der Waals surface area (Å²) in [7, 11) is -0.342. The first kappa shape index (κ1) is 16.4. The molecule has 0 bridgehead atoms. The van der Waals surface area contributed by atoms with Crippen LogP contribution < -0.4 is 10.6 Å². The summed E-state index contributed by atoms with van der Waals surface area (Å²) in [6.45, 7) is 2.58. The molecule has 0 amide bonds. The molecule has 1 aliphatic rings. The maximum absolute atomic E-state index is 11.9. The van der Waals surface area contributed by atoms with Gasteiger partial charge in [0.2, 0.25) is 10.0 Å². The molecule has 3 N–H and O–H groups in total. The van der Waals surface area contributed by atoms with E-state index in [1.807, 2.05) is 0 Å². The Kier molecular flexibility index (Phi) is 5.00. The molecule has 1 fully saturated rings. The molecule has 118 valence electrons. The third kappa shape index (κ3) is 4.02. The quantitative estimate of drug-likeness (QED) is 0.675. The minimum atomic E-state index is -3.37. The molecule has 0 aromatic heterocycles. The number of hydrogen-bond acceptors (Lipinski definition) is 5. The van der Waals surface area contributed by atoms with Crippen molar-refractivity contribution in [2.45, 2.75) is 23.5 Å². The molecule has 0 unspecified atom stereocenters. The van der Waals surface area contributed by atoms with Gasteiger partial charge in [0, 0.05) is 33.7 Å². The molecule has 0 saturated carbocycles. The first-order chi connectivity index (χ1) is 9.83. The number of hydrogen-bond donors (Lipinski definition) is 3. The molecule has 7 heteroatoms. The number of aliphatic hydroxyl groups is 1. The number of nitrogens with zero attached hydrogens (tertiary/aromatic N) is 1. The predicted molar refractivity (Wildman–Crippen MR) is 81.5 cm³/mol. The van der Waals surface area contributed by atoms with Gasteiger partial charge in [-0.3, -0.25) is 0 Å². The SMILES string of the molecule is CN(C)S(=O)(=O)c1ccc(CNC[C@]2(O)CCNC2)cc1. The number of rotatable bonds is 6. The average molecular weight is 313 g/mol. The third-order valence-electron chi connectivity index (χ3n) is 3.71. The van der Waals surface area contributed by atoms with Crippen molar-refractivity contribution in [3.63, 3.8) is 0 Å². The van der Waals surface area contributed by atoms with Crippen LogP contribution in [0, 0.1) is 0 Å². The summed E-state index contributed by atoms with van der Waals surface area (Å²) in [6.07, 6.45) is 0.750. The van der Waals surface area contributed by atoms with Crippen molar-refractivity contribution in [3.05, 3.63) is 29.8 Å². The van der Waals surface area contributed by atoms with Crippen molar-refractivity contribution < 1.29 is 13.5 Å². The van der Waals surface area contributed by atoms with Crippen LogP contribution in [0.1, 0.15) is 12.0 Å². The van der Waals surface area contributed by atoms with Crippen LogP contribution in [0.25, 0.3) is 0 Å². The van der Waals surface area contributed by atoms with Crippen molar-refractivity contribution in [1.82, 2.24) is 14.9 Å². The van der Waals surface area contributed by atoms with Crippen LogP contribution in [0.3, 0.4) is 0 Å². The average Bonchev–Trinajstić information content (AvgIpc) is 2.86. The lowest BCUT2D eigenvalue weighted by Gasteiger charge is -2.21. The van der Waals surface area contributed by atoms with E-state index in [0.29, 0.717) is 19.6 Å². The summed E-state index contributed by atoms with van der Waals surface area (Å²) < 4.78 is 25.1. The molecule has 2 rings (SSSR count). The van der Waals surface area contributed by atoms with Gasteiger partial charge >= 0.3 is 0 Å². The van der Waals surface area contributed by atoms with Gasteiger partial charge in [0.05, 0.1) is 10.5 Å². The summed E-state index contributed by atoms with van der Waals surface area (Å²) >= 11 is 0. The lowest BCUT2D eigenvalue weighted by Crippen LogP contribution is -2.42. The third-order valence-corrected chi connectivity index (χ3v) is 5.54. The standard InChI is InChI=1S/C14H23N3O3S/c1-17(2)21(19,20)13-5-3-12(4-6-13)9-16-11-14(18)7-8-15-10-14/h3-6,15-16,18H,7-11H2,1-2H3/t14-/m0/s1. The zero-order valence-corrected chi connectivity index (χ0v) is 13.3. The molecule has 0 radical (unpaired) electrons. The number of β-amino-alcohol motifs (C(OH)–C–C–N with tert-alkyl or cyclic N) is 1. The smallest absolute Gasteiger partial charge is 0.242 e. The topological polar surface area (TPSA) is 81.7 Å². The minimum absolute atomic E-state index is 0.287. The van der Waals surface area contributed by atoms with Crippen LogP contribution in [0.4, 0.5) is 0 Å². The molecule has 1 atom stereocenters. The van der Waals surface area contributed by atoms with Gasteiger partial charge in [0.25, 0.3) is 0 Å². The van der Waals surface area contributed by atoms with Gasteiger partial charge in [0.15, 0.2) is 0 Å². The monoisotopic (exact) mass is 313 g/mol. The fraction of sp³-hybridized carbons (Fsp3) is 0.571. The van der Waals surface area contributed by atoms with Gasteiger partial charge in [-0.25, -0.2) is 12.7 Å². The van der Waals surface area contributed by atoms with E-state index in [9.17, 15) is 13.5 Å². The van der Waals surface area contributed by atoms with Crippen molar-refractivity contribution >= 4 is 10.0 Å². The second kappa shape index (κ2) is 6.41. The zero-order chi connectivity index (χ0) is 15.5. The highest BCUT2D eigenvalue weighted by Crippen LogP contribution is 2.15. The van der Waals surface area contributed by atoms with Gasteiger partial charge < -0.3 is 15.7 Å². The number of benzene rings is 1. The fourth-order valence-corrected chi connectivity index (χ4v) is 3.21. The molecule has 0 spiro atoms. The first-order valence-corrected chi connectivity index (χ1v) is 8.43. The summed E-state index contributed by atoms with van der Waals surface area (Å²) in [4.78, 5) is 0.287. The van der Waals surface area contributed by atoms with E-state index in [0.717, 1.165) is 18.5 Å². The highest BCUT2D eigenvalue weighted by atomic mass is 32.2. The van der Waals surface area contributed by atoms with E-state index in [2.05, 4.69) is 10.6 Å². The van der Waals surface area contributed by atoms with Crippen LogP contribution in [0.5, 0.6) is 0 Å². The summed E-state index contributed by atoms with van der Waals surface area (Å²) in [5.74, 6) is 0. The van der Waals surface area contributed by atoms with Crippen LogP contribution in [-0.2, 0) is 16.6 Å². The van der Waals surface area contributed by atoms with Crippen molar-refractivity contribution in [2.75, 3.05) is 33.7 Å². The van der Waals surface area contributed by atoms with E-state index in [1.54, 1.807) is 24.3 Å². The molecule has 6 nitrogen and oxygen atoms in total. The summed E-state index contributed by atoms with van der Waals surface area (Å²) in [6, 6.07) is 6.80. The molecule has 1 aliphatic heterocycles. The molecular weight excluding hydrogens is 290 g/mol. The van der Waals surface area contributed by atoms with Crippen molar-refractivity contribution in [3.8, 4) is 0 Å². The van der Waals surface area contributed by atoms with Gasteiger partial charge in [-0.2, -0.15) is 0 Å². The molecule has 1 heterocycles. The largest absolute Gasteiger partial charge is 0.387 e. The van der Waals surface area contributed by atoms with Crippen LogP contribution in [0.2, 0.25) is 0 Å². The zero-order valence-electron chi connectivity index (χ0n) is 12.5. The van der Waals surface area contributed by atoms with E-state index in [1.165, 1.54) is 18.4 Å². The predicted octanol–water partition coefficient (Wildman–Crippen LogP) is -0.249. The fourth-order valence-electron chi connectivity index (χ4n) is 2.31. The van der Waals surface area contributed by atoms with Crippen molar-refractivity contribution in [1.29, 1.82) is 0 Å². The highest BCUT2D eigenvalue weighted by molar-refractivity contribution is 7.89. The Hall–Kier alpha value is -0.990. The molecule has 1 aromatic carbocycles. The number of sulfonamides is 1. The Morgan fingerprint density at radius 3 is 2.52 bits per heavy atom. The van der Waals surface area contributed by atoms with Gasteiger partial charge in [-0.05, 0) is 30.7 Å². The Morgan fingerprint density at radius 2 is 2.00 bits per heavy atom. The maximum Gasteiger partial charge on any atom is 0.242 e. The normalized spacial score (nSPS) is 22.9. The molecule has 1 aromatic rings. The Labute approximate surface area is 126 Å². The van der Waals surface area contributed by atoms with Gasteiger partial charge in [0.1, 0.15) is 0 Å². The van der Waals surface area contributed by atoms with E-state index in [-0.39, 0.29) is 4.90 Å². The lowest BCUT2D eigenvalue weighted by molar-refractivity contribution is 0.0609. The van der Waals surface area contributed by atoms with Gasteiger partial charge in [-0.15, -0.1) is 0 Å². The van der Waals surface area contributed by atoms with E-state index < -0.39 is 15.6 Å². The molecule has 21 heavy (non-hydrogen) atoms. The summed E-state index contributed by atoms with van der Waals surface area (Å²) in [5.41, 5.74) is 0.316. The molecule has 0 aliphatic carbocycles. The molecular formula is C14H23N3O3S.